The van der Waals surface area contributed by atoms with Crippen molar-refractivity contribution in [1.82, 2.24) is 10.2 Å². The van der Waals surface area contributed by atoms with E-state index in [9.17, 15) is 22.8 Å². The van der Waals surface area contributed by atoms with Crippen LogP contribution in [0, 0.1) is 0 Å². The number of alkyl halides is 3. The molecular weight excluding hydrogens is 419 g/mol. The molecule has 1 heterocycles. The normalized spacial score (nSPS) is 21.7. The van der Waals surface area contributed by atoms with Gasteiger partial charge in [-0.1, -0.05) is 73.5 Å². The largest absolute Gasteiger partial charge is 0.442 e. The van der Waals surface area contributed by atoms with E-state index < -0.39 is 23.7 Å². The lowest BCUT2D eigenvalue weighted by Crippen LogP contribution is -2.64. The fourth-order valence-corrected chi connectivity index (χ4v) is 4.33. The van der Waals surface area contributed by atoms with Crippen molar-refractivity contribution in [2.75, 3.05) is 0 Å². The molecule has 2 amide bonds. The molecule has 1 atom stereocenters. The number of nitrogens with one attached hydrogen (secondary N) is 1. The fraction of sp³-hybridized carbons (Fsp3) is 0.375. The van der Waals surface area contributed by atoms with E-state index in [0.717, 1.165) is 23.3 Å². The van der Waals surface area contributed by atoms with Crippen molar-refractivity contribution in [2.45, 2.75) is 56.4 Å². The van der Waals surface area contributed by atoms with Crippen molar-refractivity contribution in [1.29, 1.82) is 0 Å². The van der Waals surface area contributed by atoms with E-state index in [1.165, 1.54) is 0 Å². The standard InChI is InChI=1S/C24H24F3N3O2/c25-24(26,27)23(28-20(31)16-15-17-9-3-1-4-10-17)22(32)30(19-13-7-8-14-19)21(29-23)18-11-5-2-6-12-18/h1-6,9-12,19H,7-8,13-16H2,(H,28,31)/t23-/m1/s1. The summed E-state index contributed by atoms with van der Waals surface area (Å²) in [5.41, 5.74) is -2.07. The first-order valence-corrected chi connectivity index (χ1v) is 10.7. The second-order valence-electron chi connectivity index (χ2n) is 8.16. The molecule has 1 fully saturated rings. The molecule has 5 nitrogen and oxygen atoms in total. The van der Waals surface area contributed by atoms with Crippen LogP contribution >= 0.6 is 0 Å². The molecule has 1 saturated carbocycles. The van der Waals surface area contributed by atoms with Crippen molar-refractivity contribution in [2.24, 2.45) is 4.99 Å². The molecule has 0 spiro atoms. The Balaban J connectivity index is 1.67. The lowest BCUT2D eigenvalue weighted by Gasteiger charge is -2.31. The van der Waals surface area contributed by atoms with Gasteiger partial charge in [-0.3, -0.25) is 14.5 Å². The van der Waals surface area contributed by atoms with Gasteiger partial charge in [0.05, 0.1) is 0 Å². The number of aliphatic imine (C=N–C) groups is 1. The van der Waals surface area contributed by atoms with Gasteiger partial charge < -0.3 is 5.32 Å². The molecule has 0 saturated heterocycles. The Bertz CT molecular complexity index is 1000. The number of hydrogen-bond acceptors (Lipinski definition) is 3. The average Bonchev–Trinajstić information content (AvgIpc) is 3.40. The SMILES string of the molecule is O=C(CCc1ccccc1)N[C@@]1(C(F)(F)F)N=C(c2ccccc2)N(C2CCCC2)C1=O. The number of aryl methyl sites for hydroxylation is 1. The van der Waals surface area contributed by atoms with Crippen molar-refractivity contribution < 1.29 is 22.8 Å². The summed E-state index contributed by atoms with van der Waals surface area (Å²) in [6.45, 7) is 0. The van der Waals surface area contributed by atoms with Crippen molar-refractivity contribution >= 4 is 17.6 Å². The molecule has 32 heavy (non-hydrogen) atoms. The molecule has 4 rings (SSSR count). The summed E-state index contributed by atoms with van der Waals surface area (Å²) in [6.07, 6.45) is -2.13. The Hall–Kier alpha value is -3.16. The van der Waals surface area contributed by atoms with Crippen LogP contribution in [0.2, 0.25) is 0 Å². The molecular formula is C24H24F3N3O2. The van der Waals surface area contributed by atoms with Gasteiger partial charge in [-0.05, 0) is 24.8 Å². The van der Waals surface area contributed by atoms with Gasteiger partial charge in [0.15, 0.2) is 0 Å². The summed E-state index contributed by atoms with van der Waals surface area (Å²) in [5.74, 6) is -2.14. The van der Waals surface area contributed by atoms with Crippen LogP contribution in [0.5, 0.6) is 0 Å². The second kappa shape index (κ2) is 8.76. The summed E-state index contributed by atoms with van der Waals surface area (Å²) < 4.78 is 43.1. The van der Waals surface area contributed by atoms with Gasteiger partial charge >= 0.3 is 11.8 Å². The number of amidine groups is 1. The lowest BCUT2D eigenvalue weighted by molar-refractivity contribution is -0.200. The summed E-state index contributed by atoms with van der Waals surface area (Å²) in [4.78, 5) is 31.0. The Labute approximate surface area is 184 Å². The first-order chi connectivity index (χ1) is 15.3. The third-order valence-corrected chi connectivity index (χ3v) is 5.97. The van der Waals surface area contributed by atoms with E-state index in [0.29, 0.717) is 18.4 Å². The number of rotatable bonds is 6. The highest BCUT2D eigenvalue weighted by molar-refractivity contribution is 6.16. The van der Waals surface area contributed by atoms with E-state index in [4.69, 9.17) is 0 Å². The van der Waals surface area contributed by atoms with E-state index in [-0.39, 0.29) is 24.7 Å². The third kappa shape index (κ3) is 4.13. The monoisotopic (exact) mass is 443 g/mol. The van der Waals surface area contributed by atoms with Gasteiger partial charge in [0.2, 0.25) is 5.91 Å². The van der Waals surface area contributed by atoms with Crippen molar-refractivity contribution in [3.8, 4) is 0 Å². The zero-order valence-electron chi connectivity index (χ0n) is 17.4. The molecule has 1 N–H and O–H groups in total. The summed E-state index contributed by atoms with van der Waals surface area (Å²) in [7, 11) is 0. The molecule has 2 aliphatic rings. The molecule has 0 aromatic heterocycles. The minimum absolute atomic E-state index is 0.0387. The maximum absolute atomic E-state index is 14.4. The molecule has 168 valence electrons. The minimum atomic E-state index is -5.08. The number of carbonyl (C=O) groups is 2. The number of carbonyl (C=O) groups excluding carboxylic acids is 2. The van der Waals surface area contributed by atoms with Crippen LogP contribution in [0.15, 0.2) is 65.7 Å². The smallest absolute Gasteiger partial charge is 0.316 e. The van der Waals surface area contributed by atoms with Crippen molar-refractivity contribution in [3.63, 3.8) is 0 Å². The van der Waals surface area contributed by atoms with Crippen LogP contribution in [0.25, 0.3) is 0 Å². The Morgan fingerprint density at radius 3 is 2.22 bits per heavy atom. The Morgan fingerprint density at radius 2 is 1.62 bits per heavy atom. The van der Waals surface area contributed by atoms with Crippen LogP contribution in [-0.4, -0.2) is 40.4 Å². The number of halogens is 3. The van der Waals surface area contributed by atoms with Crippen LogP contribution in [0.4, 0.5) is 13.2 Å². The highest BCUT2D eigenvalue weighted by atomic mass is 19.4. The average molecular weight is 443 g/mol. The van der Waals surface area contributed by atoms with Gasteiger partial charge in [0.25, 0.3) is 5.91 Å². The molecule has 1 aliphatic carbocycles. The Morgan fingerprint density at radius 1 is 1.03 bits per heavy atom. The van der Waals surface area contributed by atoms with Crippen molar-refractivity contribution in [3.05, 3.63) is 71.8 Å². The summed E-state index contributed by atoms with van der Waals surface area (Å²) in [6, 6.07) is 17.0. The van der Waals surface area contributed by atoms with Gasteiger partial charge in [-0.25, -0.2) is 4.99 Å². The zero-order valence-corrected chi connectivity index (χ0v) is 17.4. The molecule has 1 aliphatic heterocycles. The summed E-state index contributed by atoms with van der Waals surface area (Å²) in [5, 5.41) is 1.96. The van der Waals surface area contributed by atoms with Gasteiger partial charge in [-0.2, -0.15) is 13.2 Å². The summed E-state index contributed by atoms with van der Waals surface area (Å²) >= 11 is 0. The topological polar surface area (TPSA) is 61.8 Å². The quantitative estimate of drug-likeness (QED) is 0.727. The fourth-order valence-electron chi connectivity index (χ4n) is 4.33. The van der Waals surface area contributed by atoms with Gasteiger partial charge in [-0.15, -0.1) is 0 Å². The number of benzene rings is 2. The predicted molar refractivity (Wildman–Crippen MR) is 114 cm³/mol. The molecule has 0 bridgehead atoms. The van der Waals surface area contributed by atoms with E-state index in [1.807, 2.05) is 11.4 Å². The molecule has 8 heteroatoms. The number of nitrogens with zero attached hydrogens (tertiary/aromatic N) is 2. The number of hydrogen-bond donors (Lipinski definition) is 1. The Kier molecular flexibility index (Phi) is 6.04. The minimum Gasteiger partial charge on any atom is -0.316 e. The highest BCUT2D eigenvalue weighted by Gasteiger charge is 2.67. The van der Waals surface area contributed by atoms with Gasteiger partial charge in [0, 0.05) is 18.0 Å². The van der Waals surface area contributed by atoms with Crippen LogP contribution in [-0.2, 0) is 16.0 Å². The number of amides is 2. The molecule has 0 unspecified atom stereocenters. The lowest BCUT2D eigenvalue weighted by atomic mass is 10.1. The second-order valence-corrected chi connectivity index (χ2v) is 8.16. The maximum Gasteiger partial charge on any atom is 0.442 e. The first-order valence-electron chi connectivity index (χ1n) is 10.7. The predicted octanol–water partition coefficient (Wildman–Crippen LogP) is 4.23. The maximum atomic E-state index is 14.4. The van der Waals surface area contributed by atoms with E-state index in [2.05, 4.69) is 4.99 Å². The molecule has 2 aromatic carbocycles. The zero-order chi connectivity index (χ0) is 22.8. The highest BCUT2D eigenvalue weighted by Crippen LogP contribution is 2.41. The molecule has 2 aromatic rings. The van der Waals surface area contributed by atoms with E-state index in [1.54, 1.807) is 54.6 Å². The van der Waals surface area contributed by atoms with Crippen LogP contribution in [0.3, 0.4) is 0 Å². The van der Waals surface area contributed by atoms with Crippen LogP contribution < -0.4 is 5.32 Å². The van der Waals surface area contributed by atoms with E-state index >= 15 is 0 Å². The molecule has 0 radical (unpaired) electrons. The van der Waals surface area contributed by atoms with Gasteiger partial charge in [0.1, 0.15) is 5.84 Å². The third-order valence-electron chi connectivity index (χ3n) is 5.97. The first kappa shape index (κ1) is 22.0. The van der Waals surface area contributed by atoms with Crippen LogP contribution in [0.1, 0.15) is 43.2 Å².